The van der Waals surface area contributed by atoms with Crippen molar-refractivity contribution in [1.82, 2.24) is 9.97 Å². The SMILES string of the molecule is c1csc(-c2nccnc2-c2cccs2)c1. The Bertz CT molecular complexity index is 518. The van der Waals surface area contributed by atoms with Gasteiger partial charge >= 0.3 is 0 Å². The summed E-state index contributed by atoms with van der Waals surface area (Å²) in [5.74, 6) is 0. The third-order valence-corrected chi connectivity index (χ3v) is 3.96. The number of rotatable bonds is 2. The molecular weight excluding hydrogens is 236 g/mol. The second-order valence-electron chi connectivity index (χ2n) is 3.21. The molecule has 3 heterocycles. The van der Waals surface area contributed by atoms with Crippen LogP contribution in [-0.4, -0.2) is 9.97 Å². The monoisotopic (exact) mass is 244 g/mol. The van der Waals surface area contributed by atoms with Gasteiger partial charge in [0.25, 0.3) is 0 Å². The highest BCUT2D eigenvalue weighted by atomic mass is 32.1. The fraction of sp³-hybridized carbons (Fsp3) is 0. The van der Waals surface area contributed by atoms with Gasteiger partial charge in [0, 0.05) is 12.4 Å². The lowest BCUT2D eigenvalue weighted by molar-refractivity contribution is 1.22. The third-order valence-electron chi connectivity index (χ3n) is 2.21. The van der Waals surface area contributed by atoms with Crippen LogP contribution >= 0.6 is 22.7 Å². The molecule has 0 amide bonds. The van der Waals surface area contributed by atoms with Crippen molar-refractivity contribution < 1.29 is 0 Å². The maximum absolute atomic E-state index is 4.43. The molecule has 0 aliphatic carbocycles. The molecule has 78 valence electrons. The Labute approximate surface area is 101 Å². The first-order valence-corrected chi connectivity index (χ1v) is 6.60. The first kappa shape index (κ1) is 9.69. The maximum atomic E-state index is 4.43. The molecule has 0 bridgehead atoms. The van der Waals surface area contributed by atoms with Gasteiger partial charge in [-0.25, -0.2) is 0 Å². The molecule has 3 aromatic heterocycles. The Balaban J connectivity index is 2.19. The van der Waals surface area contributed by atoms with Crippen LogP contribution < -0.4 is 0 Å². The lowest BCUT2D eigenvalue weighted by atomic mass is 10.2. The van der Waals surface area contributed by atoms with E-state index in [-0.39, 0.29) is 0 Å². The molecule has 2 nitrogen and oxygen atoms in total. The van der Waals surface area contributed by atoms with Crippen molar-refractivity contribution in [2.24, 2.45) is 0 Å². The van der Waals surface area contributed by atoms with Crippen LogP contribution in [0.1, 0.15) is 0 Å². The average molecular weight is 244 g/mol. The van der Waals surface area contributed by atoms with Gasteiger partial charge in [-0.1, -0.05) is 12.1 Å². The van der Waals surface area contributed by atoms with Gasteiger partial charge in [0.1, 0.15) is 11.4 Å². The summed E-state index contributed by atoms with van der Waals surface area (Å²) in [6, 6.07) is 8.22. The molecule has 0 atom stereocenters. The molecule has 0 aromatic carbocycles. The second kappa shape index (κ2) is 4.15. The van der Waals surface area contributed by atoms with E-state index < -0.39 is 0 Å². The summed E-state index contributed by atoms with van der Waals surface area (Å²) in [7, 11) is 0. The Morgan fingerprint density at radius 2 is 1.25 bits per heavy atom. The molecule has 0 aliphatic rings. The van der Waals surface area contributed by atoms with Crippen molar-refractivity contribution in [3.8, 4) is 21.1 Å². The summed E-state index contributed by atoms with van der Waals surface area (Å²) in [5.41, 5.74) is 1.94. The van der Waals surface area contributed by atoms with E-state index >= 15 is 0 Å². The largest absolute Gasteiger partial charge is 0.251 e. The summed E-state index contributed by atoms with van der Waals surface area (Å²) >= 11 is 3.38. The zero-order valence-electron chi connectivity index (χ0n) is 8.33. The summed E-state index contributed by atoms with van der Waals surface area (Å²) in [5, 5.41) is 4.12. The van der Waals surface area contributed by atoms with E-state index in [0.717, 1.165) is 21.1 Å². The fourth-order valence-electron chi connectivity index (χ4n) is 1.53. The van der Waals surface area contributed by atoms with Crippen molar-refractivity contribution in [3.05, 3.63) is 47.4 Å². The molecule has 0 aliphatic heterocycles. The molecule has 3 aromatic rings. The molecule has 0 fully saturated rings. The molecule has 0 N–H and O–H groups in total. The standard InChI is InChI=1S/C12H8N2S2/c1-3-9(15-7-1)11-12(14-6-5-13-11)10-4-2-8-16-10/h1-8H. The lowest BCUT2D eigenvalue weighted by Crippen LogP contribution is -1.88. The maximum Gasteiger partial charge on any atom is 0.107 e. The predicted molar refractivity (Wildman–Crippen MR) is 68.7 cm³/mol. The number of aromatic nitrogens is 2. The van der Waals surface area contributed by atoms with E-state index in [1.54, 1.807) is 35.1 Å². The minimum Gasteiger partial charge on any atom is -0.251 e. The molecule has 16 heavy (non-hydrogen) atoms. The number of hydrogen-bond donors (Lipinski definition) is 0. The Morgan fingerprint density at radius 3 is 1.62 bits per heavy atom. The summed E-state index contributed by atoms with van der Waals surface area (Å²) < 4.78 is 0. The van der Waals surface area contributed by atoms with Gasteiger partial charge < -0.3 is 0 Å². The molecule has 3 rings (SSSR count). The molecule has 0 spiro atoms. The summed E-state index contributed by atoms with van der Waals surface area (Å²) in [6.07, 6.45) is 3.48. The van der Waals surface area contributed by atoms with Crippen LogP contribution in [0.25, 0.3) is 21.1 Å². The highest BCUT2D eigenvalue weighted by molar-refractivity contribution is 7.14. The normalized spacial score (nSPS) is 10.5. The van der Waals surface area contributed by atoms with Crippen molar-refractivity contribution >= 4 is 22.7 Å². The van der Waals surface area contributed by atoms with Crippen LogP contribution in [0.3, 0.4) is 0 Å². The van der Waals surface area contributed by atoms with Gasteiger partial charge in [0.15, 0.2) is 0 Å². The van der Waals surface area contributed by atoms with E-state index in [1.165, 1.54) is 0 Å². The number of hydrogen-bond acceptors (Lipinski definition) is 4. The van der Waals surface area contributed by atoms with E-state index in [9.17, 15) is 0 Å². The minimum atomic E-state index is 0.972. The van der Waals surface area contributed by atoms with Crippen molar-refractivity contribution in [1.29, 1.82) is 0 Å². The molecule has 0 saturated heterocycles. The lowest BCUT2D eigenvalue weighted by Gasteiger charge is -2.02. The van der Waals surface area contributed by atoms with E-state index in [4.69, 9.17) is 0 Å². The van der Waals surface area contributed by atoms with Crippen LogP contribution in [0, 0.1) is 0 Å². The molecule has 0 saturated carbocycles. The van der Waals surface area contributed by atoms with Gasteiger partial charge in [-0.15, -0.1) is 22.7 Å². The zero-order valence-corrected chi connectivity index (χ0v) is 9.96. The average Bonchev–Trinajstić information content (AvgIpc) is 3.03. The molecule has 0 unspecified atom stereocenters. The van der Waals surface area contributed by atoms with E-state index in [2.05, 4.69) is 32.9 Å². The van der Waals surface area contributed by atoms with Gasteiger partial charge in [-0.05, 0) is 22.9 Å². The fourth-order valence-corrected chi connectivity index (χ4v) is 2.97. The van der Waals surface area contributed by atoms with Crippen molar-refractivity contribution in [2.75, 3.05) is 0 Å². The summed E-state index contributed by atoms with van der Waals surface area (Å²) in [6.45, 7) is 0. The topological polar surface area (TPSA) is 25.8 Å². The van der Waals surface area contributed by atoms with Gasteiger partial charge in [0.05, 0.1) is 9.75 Å². The first-order chi connectivity index (χ1) is 7.95. The van der Waals surface area contributed by atoms with Crippen molar-refractivity contribution in [3.63, 3.8) is 0 Å². The van der Waals surface area contributed by atoms with Crippen molar-refractivity contribution in [2.45, 2.75) is 0 Å². The zero-order chi connectivity index (χ0) is 10.8. The molecule has 0 radical (unpaired) electrons. The summed E-state index contributed by atoms with van der Waals surface area (Å²) in [4.78, 5) is 11.2. The highest BCUT2D eigenvalue weighted by Crippen LogP contribution is 2.33. The smallest absolute Gasteiger partial charge is 0.107 e. The predicted octanol–water partition coefficient (Wildman–Crippen LogP) is 3.93. The highest BCUT2D eigenvalue weighted by Gasteiger charge is 2.10. The number of nitrogens with zero attached hydrogens (tertiary/aromatic N) is 2. The van der Waals surface area contributed by atoms with Crippen LogP contribution in [0.15, 0.2) is 47.4 Å². The Hall–Kier alpha value is -1.52. The third kappa shape index (κ3) is 1.66. The van der Waals surface area contributed by atoms with Crippen LogP contribution in [-0.2, 0) is 0 Å². The van der Waals surface area contributed by atoms with Crippen LogP contribution in [0.4, 0.5) is 0 Å². The van der Waals surface area contributed by atoms with E-state index in [0.29, 0.717) is 0 Å². The minimum absolute atomic E-state index is 0.972. The van der Waals surface area contributed by atoms with Crippen LogP contribution in [0.2, 0.25) is 0 Å². The Kier molecular flexibility index (Phi) is 2.52. The second-order valence-corrected chi connectivity index (χ2v) is 5.10. The molecular formula is C12H8N2S2. The Morgan fingerprint density at radius 1 is 0.750 bits per heavy atom. The number of thiophene rings is 2. The van der Waals surface area contributed by atoms with E-state index in [1.807, 2.05) is 12.1 Å². The van der Waals surface area contributed by atoms with Crippen LogP contribution in [0.5, 0.6) is 0 Å². The quantitative estimate of drug-likeness (QED) is 0.682. The first-order valence-electron chi connectivity index (χ1n) is 4.84. The molecule has 4 heteroatoms. The van der Waals surface area contributed by atoms with Gasteiger partial charge in [-0.2, -0.15) is 0 Å². The van der Waals surface area contributed by atoms with Gasteiger partial charge in [-0.3, -0.25) is 9.97 Å². The van der Waals surface area contributed by atoms with Gasteiger partial charge in [0.2, 0.25) is 0 Å².